The smallest absolute Gasteiger partial charge is 0.152 e. The molecule has 56 valence electrons. The zero-order chi connectivity index (χ0) is 6.85. The van der Waals surface area contributed by atoms with E-state index in [2.05, 4.69) is 22.2 Å². The number of nitrogens with two attached hydrogens (primary N) is 2. The highest BCUT2D eigenvalue weighted by Crippen LogP contribution is 2.01. The third-order valence-electron chi connectivity index (χ3n) is 0.915. The minimum atomic E-state index is 0. The molecule has 0 saturated heterocycles. The fourth-order valence-electron chi connectivity index (χ4n) is 0.502. The quantitative estimate of drug-likeness (QED) is 0.531. The van der Waals surface area contributed by atoms with E-state index >= 15 is 0 Å². The summed E-state index contributed by atoms with van der Waals surface area (Å²) in [7, 11) is 0. The fraction of sp³-hybridized carbons (Fsp3) is 0. The summed E-state index contributed by atoms with van der Waals surface area (Å²) in [5, 5.41) is 0. The van der Waals surface area contributed by atoms with E-state index in [-0.39, 0.29) is 17.4 Å². The summed E-state index contributed by atoms with van der Waals surface area (Å²) in [5.74, 6) is 0.350. The number of aromatic nitrogens is 2. The zero-order valence-electron chi connectivity index (χ0n) is 5.00. The van der Waals surface area contributed by atoms with E-state index in [1.54, 1.807) is 0 Å². The topological polar surface area (TPSA) is 80.7 Å². The van der Waals surface area contributed by atoms with Crippen LogP contribution in [0.3, 0.4) is 0 Å². The third kappa shape index (κ3) is 1.58. The molecule has 0 bridgehead atoms. The summed E-state index contributed by atoms with van der Waals surface area (Å²) in [4.78, 5) is 6.64. The predicted molar refractivity (Wildman–Crippen MR) is 46.1 cm³/mol. The highest BCUT2D eigenvalue weighted by molar-refractivity contribution is 7.80. The Morgan fingerprint density at radius 1 is 1.70 bits per heavy atom. The number of nitrogen functional groups attached to an aromatic ring is 1. The van der Waals surface area contributed by atoms with Gasteiger partial charge in [-0.15, -0.1) is 12.4 Å². The summed E-state index contributed by atoms with van der Waals surface area (Å²) in [6, 6.07) is 0. The van der Waals surface area contributed by atoms with E-state index in [1.165, 1.54) is 6.33 Å². The molecule has 1 aromatic rings. The van der Waals surface area contributed by atoms with Crippen LogP contribution < -0.4 is 11.5 Å². The predicted octanol–water partition coefficient (Wildman–Crippen LogP) is 0.0479. The second kappa shape index (κ2) is 3.38. The van der Waals surface area contributed by atoms with Crippen LogP contribution in [0.1, 0.15) is 5.69 Å². The molecule has 0 spiro atoms. The van der Waals surface area contributed by atoms with Gasteiger partial charge in [0.05, 0.1) is 6.33 Å². The van der Waals surface area contributed by atoms with Crippen LogP contribution in [0.25, 0.3) is 0 Å². The maximum atomic E-state index is 5.33. The Balaban J connectivity index is 0.000000810. The van der Waals surface area contributed by atoms with Crippen molar-refractivity contribution >= 4 is 35.4 Å². The molecule has 0 amide bonds. The number of H-pyrrole nitrogens is 1. The van der Waals surface area contributed by atoms with Gasteiger partial charge in [0, 0.05) is 0 Å². The molecular formula is C4H7ClN4S. The van der Waals surface area contributed by atoms with Gasteiger partial charge in [-0.3, -0.25) is 0 Å². The number of thiocarbonyl (C=S) groups is 1. The summed E-state index contributed by atoms with van der Waals surface area (Å²) in [6.07, 6.45) is 1.45. The standard InChI is InChI=1S/C4H6N4S.ClH/c5-3-2(4(6)9)7-1-8-3;/h1H,5H2,(H2,6,9)(H,7,8);1H. The fourth-order valence-corrected chi connectivity index (χ4v) is 0.666. The number of rotatable bonds is 1. The van der Waals surface area contributed by atoms with Crippen molar-refractivity contribution in [1.29, 1.82) is 0 Å². The molecule has 0 fully saturated rings. The molecule has 0 saturated carbocycles. The van der Waals surface area contributed by atoms with Crippen LogP contribution in [-0.2, 0) is 0 Å². The van der Waals surface area contributed by atoms with Gasteiger partial charge >= 0.3 is 0 Å². The molecule has 0 aliphatic carbocycles. The Bertz CT molecular complexity index is 233. The summed E-state index contributed by atoms with van der Waals surface area (Å²) in [6.45, 7) is 0. The van der Waals surface area contributed by atoms with E-state index in [1.807, 2.05) is 0 Å². The van der Waals surface area contributed by atoms with Gasteiger partial charge in [-0.25, -0.2) is 4.98 Å². The Morgan fingerprint density at radius 2 is 2.30 bits per heavy atom. The van der Waals surface area contributed by atoms with Gasteiger partial charge in [0.2, 0.25) is 0 Å². The lowest BCUT2D eigenvalue weighted by Crippen LogP contribution is -2.11. The molecule has 0 atom stereocenters. The number of anilines is 1. The van der Waals surface area contributed by atoms with Crippen LogP contribution in [0.5, 0.6) is 0 Å². The molecule has 5 N–H and O–H groups in total. The SMILES string of the molecule is Cl.NC(=S)c1[nH]cnc1N. The summed E-state index contributed by atoms with van der Waals surface area (Å²) < 4.78 is 0. The van der Waals surface area contributed by atoms with Crippen molar-refractivity contribution in [3.8, 4) is 0 Å². The molecule has 1 rings (SSSR count). The van der Waals surface area contributed by atoms with Crippen molar-refractivity contribution in [3.63, 3.8) is 0 Å². The van der Waals surface area contributed by atoms with Gasteiger partial charge in [-0.2, -0.15) is 0 Å². The van der Waals surface area contributed by atoms with E-state index in [4.69, 9.17) is 11.5 Å². The third-order valence-corrected chi connectivity index (χ3v) is 1.12. The molecule has 10 heavy (non-hydrogen) atoms. The Morgan fingerprint density at radius 3 is 2.50 bits per heavy atom. The molecule has 4 nitrogen and oxygen atoms in total. The van der Waals surface area contributed by atoms with Crippen LogP contribution in [0.4, 0.5) is 5.82 Å². The lowest BCUT2D eigenvalue weighted by Gasteiger charge is -1.90. The molecular weight excluding hydrogens is 172 g/mol. The first-order valence-corrected chi connectivity index (χ1v) is 2.71. The first kappa shape index (κ1) is 9.19. The minimum absolute atomic E-state index is 0. The highest BCUT2D eigenvalue weighted by Gasteiger charge is 2.01. The number of halogens is 1. The number of imidazole rings is 1. The van der Waals surface area contributed by atoms with E-state index < -0.39 is 0 Å². The van der Waals surface area contributed by atoms with Gasteiger partial charge in [0.15, 0.2) is 5.82 Å². The van der Waals surface area contributed by atoms with E-state index in [0.29, 0.717) is 11.5 Å². The zero-order valence-corrected chi connectivity index (χ0v) is 6.63. The number of aromatic amines is 1. The maximum Gasteiger partial charge on any atom is 0.152 e. The van der Waals surface area contributed by atoms with Gasteiger partial charge in [0.25, 0.3) is 0 Å². The molecule has 0 aliphatic heterocycles. The highest BCUT2D eigenvalue weighted by atomic mass is 35.5. The first-order chi connectivity index (χ1) is 4.22. The van der Waals surface area contributed by atoms with Gasteiger partial charge in [-0.05, 0) is 0 Å². The van der Waals surface area contributed by atoms with E-state index in [0.717, 1.165) is 0 Å². The van der Waals surface area contributed by atoms with Crippen LogP contribution in [0.15, 0.2) is 6.33 Å². The molecule has 1 aromatic heterocycles. The maximum absolute atomic E-state index is 5.33. The molecule has 0 aliphatic rings. The number of hydrogen-bond donors (Lipinski definition) is 3. The monoisotopic (exact) mass is 178 g/mol. The van der Waals surface area contributed by atoms with Crippen molar-refractivity contribution < 1.29 is 0 Å². The Labute approximate surface area is 69.4 Å². The minimum Gasteiger partial charge on any atom is -0.388 e. The number of nitrogens with one attached hydrogen (secondary N) is 1. The second-order valence-electron chi connectivity index (χ2n) is 1.53. The van der Waals surface area contributed by atoms with Crippen molar-refractivity contribution in [2.45, 2.75) is 0 Å². The second-order valence-corrected chi connectivity index (χ2v) is 1.97. The van der Waals surface area contributed by atoms with E-state index in [9.17, 15) is 0 Å². The molecule has 0 unspecified atom stereocenters. The van der Waals surface area contributed by atoms with Crippen LogP contribution in [0.2, 0.25) is 0 Å². The lowest BCUT2D eigenvalue weighted by molar-refractivity contribution is 1.31. The van der Waals surface area contributed by atoms with Crippen LogP contribution in [0, 0.1) is 0 Å². The summed E-state index contributed by atoms with van der Waals surface area (Å²) in [5.41, 5.74) is 11.1. The molecule has 0 radical (unpaired) electrons. The Hall–Kier alpha value is -0.810. The van der Waals surface area contributed by atoms with Crippen molar-refractivity contribution in [2.24, 2.45) is 5.73 Å². The average Bonchev–Trinajstić information content (AvgIpc) is 2.13. The normalized spacial score (nSPS) is 8.40. The lowest BCUT2D eigenvalue weighted by atomic mass is 10.4. The van der Waals surface area contributed by atoms with Gasteiger partial charge < -0.3 is 16.5 Å². The Kier molecular flexibility index (Phi) is 3.11. The molecule has 1 heterocycles. The molecule has 0 aromatic carbocycles. The number of nitrogens with zero attached hydrogens (tertiary/aromatic N) is 1. The largest absolute Gasteiger partial charge is 0.388 e. The van der Waals surface area contributed by atoms with Crippen molar-refractivity contribution in [3.05, 3.63) is 12.0 Å². The first-order valence-electron chi connectivity index (χ1n) is 2.30. The van der Waals surface area contributed by atoms with Crippen molar-refractivity contribution in [2.75, 3.05) is 5.73 Å². The van der Waals surface area contributed by atoms with Crippen molar-refractivity contribution in [1.82, 2.24) is 9.97 Å². The molecule has 6 heteroatoms. The average molecular weight is 179 g/mol. The van der Waals surface area contributed by atoms with Crippen LogP contribution >= 0.6 is 24.6 Å². The van der Waals surface area contributed by atoms with Gasteiger partial charge in [-0.1, -0.05) is 12.2 Å². The number of hydrogen-bond acceptors (Lipinski definition) is 3. The van der Waals surface area contributed by atoms with Gasteiger partial charge in [0.1, 0.15) is 10.7 Å². The van der Waals surface area contributed by atoms with Crippen LogP contribution in [-0.4, -0.2) is 15.0 Å². The summed E-state index contributed by atoms with van der Waals surface area (Å²) >= 11 is 4.63.